The number of hydrogen-bond acceptors (Lipinski definition) is 5. The van der Waals surface area contributed by atoms with Crippen molar-refractivity contribution in [2.45, 2.75) is 15.3 Å². The van der Waals surface area contributed by atoms with Crippen LogP contribution < -0.4 is 10.5 Å². The van der Waals surface area contributed by atoms with Gasteiger partial charge in [-0.3, -0.25) is 0 Å². The molecular weight excluding hydrogens is 309 g/mol. The molecule has 6 nitrogen and oxygen atoms in total. The van der Waals surface area contributed by atoms with Crippen LogP contribution in [-0.4, -0.2) is 29.4 Å². The van der Waals surface area contributed by atoms with E-state index in [9.17, 15) is 30.0 Å². The molecule has 11 heteroatoms. The fourth-order valence-electron chi connectivity index (χ4n) is 1.23. The number of primary sulfonamides is 1. The third-order valence-corrected chi connectivity index (χ3v) is 4.58. The van der Waals surface area contributed by atoms with Crippen LogP contribution in [0, 0.1) is 0 Å². The molecule has 108 valence electrons. The second kappa shape index (κ2) is 4.65. The fourth-order valence-corrected chi connectivity index (χ4v) is 2.84. The van der Waals surface area contributed by atoms with E-state index in [0.29, 0.717) is 6.07 Å². The molecule has 0 spiro atoms. The summed E-state index contributed by atoms with van der Waals surface area (Å²) in [6.07, 6.45) is 0. The summed E-state index contributed by atoms with van der Waals surface area (Å²) in [5, 5.41) is 6.98. The first-order valence-corrected chi connectivity index (χ1v) is 7.60. The van der Waals surface area contributed by atoms with Crippen LogP contribution in [0.1, 0.15) is 0 Å². The molecular formula is C8H9F3N2O4S2. The Morgan fingerprint density at radius 2 is 1.68 bits per heavy atom. The summed E-state index contributed by atoms with van der Waals surface area (Å²) in [7, 11) is -8.80. The third kappa shape index (κ3) is 2.98. The Morgan fingerprint density at radius 1 is 1.16 bits per heavy atom. The van der Waals surface area contributed by atoms with Crippen LogP contribution in [0.3, 0.4) is 0 Å². The van der Waals surface area contributed by atoms with Crippen LogP contribution >= 0.6 is 0 Å². The van der Waals surface area contributed by atoms with Crippen molar-refractivity contribution in [1.29, 1.82) is 0 Å². The maximum Gasteiger partial charge on any atom is 0.501 e. The van der Waals surface area contributed by atoms with Gasteiger partial charge in [0.1, 0.15) is 4.90 Å². The Balaban J connectivity index is 3.68. The topological polar surface area (TPSA) is 106 Å². The number of sulfonamides is 1. The number of hydrogen-bond donors (Lipinski definition) is 2. The highest BCUT2D eigenvalue weighted by molar-refractivity contribution is 7.92. The van der Waals surface area contributed by atoms with Gasteiger partial charge in [-0.2, -0.15) is 13.2 Å². The van der Waals surface area contributed by atoms with Crippen molar-refractivity contribution in [2.24, 2.45) is 5.14 Å². The van der Waals surface area contributed by atoms with Gasteiger partial charge in [0.15, 0.2) is 0 Å². The molecule has 0 saturated carbocycles. The van der Waals surface area contributed by atoms with E-state index in [-0.39, 0.29) is 5.69 Å². The van der Waals surface area contributed by atoms with Crippen molar-refractivity contribution in [1.82, 2.24) is 0 Å². The predicted molar refractivity (Wildman–Crippen MR) is 60.6 cm³/mol. The highest BCUT2D eigenvalue weighted by Crippen LogP contribution is 2.35. The number of rotatable bonds is 3. The van der Waals surface area contributed by atoms with E-state index in [2.05, 4.69) is 5.32 Å². The molecule has 1 aromatic rings. The molecule has 0 aliphatic heterocycles. The van der Waals surface area contributed by atoms with Gasteiger partial charge in [0.2, 0.25) is 10.0 Å². The standard InChI is InChI=1S/C8H9F3N2O4S2/c1-13-6-3-2-5(19(12,16)17)4-7(6)18(14,15)8(9,10)11/h2-4,13H,1H3,(H2,12,16,17). The zero-order valence-corrected chi connectivity index (χ0v) is 11.0. The van der Waals surface area contributed by atoms with Crippen LogP contribution in [-0.2, 0) is 19.9 Å². The van der Waals surface area contributed by atoms with Crippen molar-refractivity contribution in [3.63, 3.8) is 0 Å². The maximum atomic E-state index is 12.5. The van der Waals surface area contributed by atoms with E-state index in [0.717, 1.165) is 12.1 Å². The summed E-state index contributed by atoms with van der Waals surface area (Å²) in [5.74, 6) is 0. The molecule has 0 saturated heterocycles. The van der Waals surface area contributed by atoms with Gasteiger partial charge in [0.25, 0.3) is 9.84 Å². The zero-order chi connectivity index (χ0) is 15.1. The van der Waals surface area contributed by atoms with Crippen LogP contribution in [0.25, 0.3) is 0 Å². The predicted octanol–water partition coefficient (Wildman–Crippen LogP) is 0.669. The second-order valence-corrected chi connectivity index (χ2v) is 6.87. The summed E-state index contributed by atoms with van der Waals surface area (Å²) in [6, 6.07) is 2.15. The van der Waals surface area contributed by atoms with Crippen molar-refractivity contribution >= 4 is 25.5 Å². The van der Waals surface area contributed by atoms with E-state index < -0.39 is 35.2 Å². The average molecular weight is 318 g/mol. The molecule has 0 fully saturated rings. The lowest BCUT2D eigenvalue weighted by molar-refractivity contribution is -0.0435. The summed E-state index contributed by atoms with van der Waals surface area (Å²) < 4.78 is 82.1. The quantitative estimate of drug-likeness (QED) is 0.852. The minimum absolute atomic E-state index is 0.365. The molecule has 0 aromatic heterocycles. The molecule has 0 unspecified atom stereocenters. The van der Waals surface area contributed by atoms with Gasteiger partial charge in [0, 0.05) is 7.05 Å². The molecule has 3 N–H and O–H groups in total. The summed E-state index contributed by atoms with van der Waals surface area (Å²) in [6.45, 7) is 0. The lowest BCUT2D eigenvalue weighted by Gasteiger charge is -2.13. The molecule has 0 heterocycles. The number of anilines is 1. The van der Waals surface area contributed by atoms with Gasteiger partial charge < -0.3 is 5.32 Å². The smallest absolute Gasteiger partial charge is 0.387 e. The Morgan fingerprint density at radius 3 is 2.05 bits per heavy atom. The Bertz CT molecular complexity index is 695. The molecule has 0 aliphatic carbocycles. The van der Waals surface area contributed by atoms with Crippen molar-refractivity contribution in [2.75, 3.05) is 12.4 Å². The lowest BCUT2D eigenvalue weighted by Crippen LogP contribution is -2.24. The van der Waals surface area contributed by atoms with Gasteiger partial charge in [-0.1, -0.05) is 0 Å². The van der Waals surface area contributed by atoms with E-state index in [1.54, 1.807) is 0 Å². The Labute approximate surface area is 107 Å². The molecule has 0 bridgehead atoms. The van der Waals surface area contributed by atoms with Crippen molar-refractivity contribution in [3.8, 4) is 0 Å². The van der Waals surface area contributed by atoms with Crippen molar-refractivity contribution in [3.05, 3.63) is 18.2 Å². The molecule has 0 amide bonds. The van der Waals surface area contributed by atoms with Crippen molar-refractivity contribution < 1.29 is 30.0 Å². The maximum absolute atomic E-state index is 12.5. The molecule has 0 aliphatic rings. The second-order valence-electron chi connectivity index (χ2n) is 3.40. The van der Waals surface area contributed by atoms with Crippen LogP contribution in [0.4, 0.5) is 18.9 Å². The van der Waals surface area contributed by atoms with E-state index in [4.69, 9.17) is 5.14 Å². The first kappa shape index (κ1) is 15.7. The first-order valence-electron chi connectivity index (χ1n) is 4.57. The number of nitrogens with one attached hydrogen (secondary N) is 1. The number of sulfone groups is 1. The van der Waals surface area contributed by atoms with E-state index in [1.807, 2.05) is 0 Å². The molecule has 1 rings (SSSR count). The monoisotopic (exact) mass is 318 g/mol. The first-order chi connectivity index (χ1) is 8.41. The highest BCUT2D eigenvalue weighted by Gasteiger charge is 2.48. The van der Waals surface area contributed by atoms with E-state index in [1.165, 1.54) is 7.05 Å². The minimum atomic E-state index is -5.68. The molecule has 0 atom stereocenters. The molecule has 19 heavy (non-hydrogen) atoms. The van der Waals surface area contributed by atoms with Gasteiger partial charge in [-0.15, -0.1) is 0 Å². The Kier molecular flexibility index (Phi) is 3.85. The number of benzene rings is 1. The van der Waals surface area contributed by atoms with Gasteiger partial charge >= 0.3 is 5.51 Å². The average Bonchev–Trinajstić information content (AvgIpc) is 2.25. The largest absolute Gasteiger partial charge is 0.501 e. The van der Waals surface area contributed by atoms with Gasteiger partial charge in [-0.05, 0) is 18.2 Å². The number of halogens is 3. The number of nitrogens with two attached hydrogens (primary N) is 1. The Hall–Kier alpha value is -1.33. The zero-order valence-electron chi connectivity index (χ0n) is 9.39. The van der Waals surface area contributed by atoms with Crippen LogP contribution in [0.5, 0.6) is 0 Å². The fraction of sp³-hybridized carbons (Fsp3) is 0.250. The third-order valence-electron chi connectivity index (χ3n) is 2.15. The van der Waals surface area contributed by atoms with Gasteiger partial charge in [0.05, 0.1) is 10.6 Å². The molecule has 1 aromatic carbocycles. The normalized spacial score (nSPS) is 13.3. The minimum Gasteiger partial charge on any atom is -0.387 e. The molecule has 0 radical (unpaired) electrons. The van der Waals surface area contributed by atoms with Crippen LogP contribution in [0.2, 0.25) is 0 Å². The highest BCUT2D eigenvalue weighted by atomic mass is 32.2. The van der Waals surface area contributed by atoms with Gasteiger partial charge in [-0.25, -0.2) is 22.0 Å². The summed E-state index contributed by atoms with van der Waals surface area (Å²) in [5.41, 5.74) is -5.93. The van der Waals surface area contributed by atoms with E-state index >= 15 is 0 Å². The number of alkyl halides is 3. The summed E-state index contributed by atoms with van der Waals surface area (Å²) >= 11 is 0. The van der Waals surface area contributed by atoms with Crippen LogP contribution in [0.15, 0.2) is 28.0 Å². The SMILES string of the molecule is CNc1ccc(S(N)(=O)=O)cc1S(=O)(=O)C(F)(F)F. The lowest BCUT2D eigenvalue weighted by atomic mass is 10.3. The summed E-state index contributed by atoms with van der Waals surface area (Å²) in [4.78, 5) is -1.93.